The van der Waals surface area contributed by atoms with Gasteiger partial charge in [0.2, 0.25) is 0 Å². The van der Waals surface area contributed by atoms with Crippen LogP contribution in [0.4, 0.5) is 10.1 Å². The van der Waals surface area contributed by atoms with Gasteiger partial charge in [-0.05, 0) is 37.8 Å². The predicted octanol–water partition coefficient (Wildman–Crippen LogP) is 2.39. The molecule has 1 fully saturated rings. The van der Waals surface area contributed by atoms with Gasteiger partial charge in [0.25, 0.3) is 5.91 Å². The van der Waals surface area contributed by atoms with E-state index >= 15 is 0 Å². The van der Waals surface area contributed by atoms with Crippen molar-refractivity contribution in [3.8, 4) is 0 Å². The summed E-state index contributed by atoms with van der Waals surface area (Å²) in [5, 5.41) is 7.31. The summed E-state index contributed by atoms with van der Waals surface area (Å²) in [5.74, 6) is -0.207. The first-order valence-corrected chi connectivity index (χ1v) is 8.59. The topological polar surface area (TPSA) is 52.2 Å². The fourth-order valence-corrected chi connectivity index (χ4v) is 3.67. The molecule has 2 heterocycles. The second-order valence-electron chi connectivity index (χ2n) is 6.47. The monoisotopic (exact) mass is 328 g/mol. The second-order valence-corrected chi connectivity index (χ2v) is 6.47. The average molecular weight is 328 g/mol. The third kappa shape index (κ3) is 2.66. The number of carbonyl (C=O) groups is 1. The Hall–Kier alpha value is -2.37. The number of amides is 1. The van der Waals surface area contributed by atoms with Crippen LogP contribution in [0.25, 0.3) is 0 Å². The molecule has 0 bridgehead atoms. The minimum Gasteiger partial charge on any atom is -0.366 e. The van der Waals surface area contributed by atoms with Crippen LogP contribution in [-0.2, 0) is 12.8 Å². The molecule has 126 valence electrons. The molecular formula is C18H21FN4O. The molecule has 0 unspecified atom stereocenters. The molecule has 1 N–H and O–H groups in total. The molecule has 1 aliphatic carbocycles. The van der Waals surface area contributed by atoms with Crippen LogP contribution in [-0.4, -0.2) is 47.2 Å². The summed E-state index contributed by atoms with van der Waals surface area (Å²) in [7, 11) is 0. The van der Waals surface area contributed by atoms with Gasteiger partial charge in [-0.3, -0.25) is 9.89 Å². The third-order valence-electron chi connectivity index (χ3n) is 5.02. The van der Waals surface area contributed by atoms with Crippen LogP contribution in [0.5, 0.6) is 0 Å². The summed E-state index contributed by atoms with van der Waals surface area (Å²) in [6, 6.07) is 6.80. The maximum absolute atomic E-state index is 13.9. The number of hydrogen-bond acceptors (Lipinski definition) is 3. The number of piperazine rings is 1. The smallest absolute Gasteiger partial charge is 0.274 e. The highest BCUT2D eigenvalue weighted by molar-refractivity contribution is 5.94. The molecule has 0 atom stereocenters. The molecule has 24 heavy (non-hydrogen) atoms. The van der Waals surface area contributed by atoms with E-state index in [4.69, 9.17) is 0 Å². The zero-order valence-corrected chi connectivity index (χ0v) is 13.6. The zero-order chi connectivity index (χ0) is 16.5. The molecule has 0 saturated carbocycles. The van der Waals surface area contributed by atoms with E-state index in [1.807, 2.05) is 15.9 Å². The summed E-state index contributed by atoms with van der Waals surface area (Å²) in [6.45, 7) is 2.46. The molecule has 2 aromatic rings. The fraction of sp³-hybridized carbons (Fsp3) is 0.444. The van der Waals surface area contributed by atoms with Gasteiger partial charge in [0.15, 0.2) is 5.69 Å². The number of carbonyl (C=O) groups excluding carboxylic acids is 1. The highest BCUT2D eigenvalue weighted by atomic mass is 19.1. The van der Waals surface area contributed by atoms with Gasteiger partial charge in [0.05, 0.1) is 5.69 Å². The van der Waals surface area contributed by atoms with Crippen molar-refractivity contribution in [2.45, 2.75) is 25.7 Å². The van der Waals surface area contributed by atoms with E-state index in [0.29, 0.717) is 37.6 Å². The molecule has 2 aliphatic rings. The summed E-state index contributed by atoms with van der Waals surface area (Å²) in [4.78, 5) is 16.6. The summed E-state index contributed by atoms with van der Waals surface area (Å²) < 4.78 is 13.9. The number of aromatic nitrogens is 2. The minimum atomic E-state index is -0.210. The standard InChI is InChI=1S/C18H21FN4O/c19-14-6-2-4-8-16(14)22-9-11-23(12-10-22)18(24)17-13-5-1-3-7-15(13)20-21-17/h2,4,6,8H,1,3,5,7,9-12H2,(H,20,21). The van der Waals surface area contributed by atoms with Crippen LogP contribution < -0.4 is 4.90 Å². The normalized spacial score (nSPS) is 17.7. The third-order valence-corrected chi connectivity index (χ3v) is 5.02. The molecule has 6 heteroatoms. The molecule has 1 amide bonds. The number of rotatable bonds is 2. The number of H-pyrrole nitrogens is 1. The Morgan fingerprint density at radius 1 is 1.08 bits per heavy atom. The van der Waals surface area contributed by atoms with Crippen molar-refractivity contribution in [2.24, 2.45) is 0 Å². The largest absolute Gasteiger partial charge is 0.366 e. The number of benzene rings is 1. The minimum absolute atomic E-state index is 0.00239. The van der Waals surface area contributed by atoms with E-state index in [1.54, 1.807) is 12.1 Å². The van der Waals surface area contributed by atoms with Gasteiger partial charge in [-0.2, -0.15) is 5.10 Å². The van der Waals surface area contributed by atoms with E-state index in [0.717, 1.165) is 36.9 Å². The van der Waals surface area contributed by atoms with Gasteiger partial charge in [0, 0.05) is 37.4 Å². The van der Waals surface area contributed by atoms with Crippen molar-refractivity contribution in [1.29, 1.82) is 0 Å². The van der Waals surface area contributed by atoms with E-state index in [-0.39, 0.29) is 11.7 Å². The lowest BCUT2D eigenvalue weighted by molar-refractivity contribution is 0.0739. The number of nitrogens with zero attached hydrogens (tertiary/aromatic N) is 3. The number of para-hydroxylation sites is 1. The quantitative estimate of drug-likeness (QED) is 0.921. The van der Waals surface area contributed by atoms with Gasteiger partial charge < -0.3 is 9.80 Å². The highest BCUT2D eigenvalue weighted by Gasteiger charge is 2.28. The Bertz CT molecular complexity index is 749. The zero-order valence-electron chi connectivity index (χ0n) is 13.6. The van der Waals surface area contributed by atoms with Crippen LogP contribution in [0.3, 0.4) is 0 Å². The number of aryl methyl sites for hydroxylation is 1. The Morgan fingerprint density at radius 2 is 1.83 bits per heavy atom. The first-order valence-electron chi connectivity index (χ1n) is 8.59. The fourth-order valence-electron chi connectivity index (χ4n) is 3.67. The van der Waals surface area contributed by atoms with Crippen LogP contribution in [0.1, 0.15) is 34.6 Å². The summed E-state index contributed by atoms with van der Waals surface area (Å²) in [6.07, 6.45) is 4.19. The molecule has 1 aliphatic heterocycles. The van der Waals surface area contributed by atoms with E-state index < -0.39 is 0 Å². The maximum atomic E-state index is 13.9. The molecule has 5 nitrogen and oxygen atoms in total. The van der Waals surface area contributed by atoms with Crippen LogP contribution in [0.2, 0.25) is 0 Å². The van der Waals surface area contributed by atoms with Gasteiger partial charge in [-0.25, -0.2) is 4.39 Å². The SMILES string of the molecule is O=C(c1n[nH]c2c1CCCC2)N1CCN(c2ccccc2F)CC1. The lowest BCUT2D eigenvalue weighted by atomic mass is 9.95. The van der Waals surface area contributed by atoms with Crippen molar-refractivity contribution in [2.75, 3.05) is 31.1 Å². The molecule has 0 spiro atoms. The number of anilines is 1. The maximum Gasteiger partial charge on any atom is 0.274 e. The van der Waals surface area contributed by atoms with Crippen LogP contribution >= 0.6 is 0 Å². The summed E-state index contributed by atoms with van der Waals surface area (Å²) >= 11 is 0. The van der Waals surface area contributed by atoms with Crippen LogP contribution in [0, 0.1) is 5.82 Å². The summed E-state index contributed by atoms with van der Waals surface area (Å²) in [5.41, 5.74) is 3.42. The molecule has 4 rings (SSSR count). The molecular weight excluding hydrogens is 307 g/mol. The van der Waals surface area contributed by atoms with Gasteiger partial charge in [-0.1, -0.05) is 12.1 Å². The van der Waals surface area contributed by atoms with Crippen molar-refractivity contribution in [3.05, 3.63) is 47.0 Å². The van der Waals surface area contributed by atoms with Gasteiger partial charge in [0.1, 0.15) is 5.82 Å². The number of halogens is 1. The van der Waals surface area contributed by atoms with Gasteiger partial charge in [-0.15, -0.1) is 0 Å². The Morgan fingerprint density at radius 3 is 2.62 bits per heavy atom. The van der Waals surface area contributed by atoms with Crippen molar-refractivity contribution < 1.29 is 9.18 Å². The first kappa shape index (κ1) is 15.2. The number of aromatic amines is 1. The molecule has 1 aromatic carbocycles. The van der Waals surface area contributed by atoms with E-state index in [2.05, 4.69) is 10.2 Å². The number of fused-ring (bicyclic) bond motifs is 1. The van der Waals surface area contributed by atoms with Crippen molar-refractivity contribution in [1.82, 2.24) is 15.1 Å². The van der Waals surface area contributed by atoms with E-state index in [1.165, 1.54) is 6.07 Å². The van der Waals surface area contributed by atoms with Crippen molar-refractivity contribution >= 4 is 11.6 Å². The lowest BCUT2D eigenvalue weighted by Crippen LogP contribution is -2.49. The van der Waals surface area contributed by atoms with Crippen molar-refractivity contribution in [3.63, 3.8) is 0 Å². The number of hydrogen-bond donors (Lipinski definition) is 1. The molecule has 1 saturated heterocycles. The Balaban J connectivity index is 1.45. The van der Waals surface area contributed by atoms with Gasteiger partial charge >= 0.3 is 0 Å². The second kappa shape index (κ2) is 6.26. The highest BCUT2D eigenvalue weighted by Crippen LogP contribution is 2.24. The lowest BCUT2D eigenvalue weighted by Gasteiger charge is -2.36. The molecule has 1 aromatic heterocycles. The first-order chi connectivity index (χ1) is 11.7. The number of nitrogens with one attached hydrogen (secondary N) is 1. The predicted molar refractivity (Wildman–Crippen MR) is 89.7 cm³/mol. The Kier molecular flexibility index (Phi) is 3.96. The Labute approximate surface area is 140 Å². The average Bonchev–Trinajstić information content (AvgIpc) is 3.06. The molecule has 0 radical (unpaired) electrons. The van der Waals surface area contributed by atoms with Crippen LogP contribution in [0.15, 0.2) is 24.3 Å². The van der Waals surface area contributed by atoms with E-state index in [9.17, 15) is 9.18 Å².